The molecular weight excluding hydrogens is 312 g/mol. The van der Waals surface area contributed by atoms with Crippen LogP contribution >= 0.6 is 0 Å². The number of hydrogen-bond donors (Lipinski definition) is 0. The van der Waals surface area contributed by atoms with E-state index >= 15 is 0 Å². The first-order valence-corrected chi connectivity index (χ1v) is 7.03. The van der Waals surface area contributed by atoms with Gasteiger partial charge in [-0.05, 0) is 12.1 Å². The summed E-state index contributed by atoms with van der Waals surface area (Å²) >= 11 is 0. The fourth-order valence-corrected chi connectivity index (χ4v) is 2.80. The van der Waals surface area contributed by atoms with Gasteiger partial charge in [-0.2, -0.15) is 0 Å². The van der Waals surface area contributed by atoms with Crippen molar-refractivity contribution in [2.75, 3.05) is 14.2 Å². The second-order valence-electron chi connectivity index (χ2n) is 5.10. The summed E-state index contributed by atoms with van der Waals surface area (Å²) in [5.41, 5.74) is 0.135. The third-order valence-corrected chi connectivity index (χ3v) is 3.88. The lowest BCUT2D eigenvalue weighted by molar-refractivity contribution is 0.0587. The topological polar surface area (TPSA) is 86.7 Å². The molecule has 0 unspecified atom stereocenters. The zero-order chi connectivity index (χ0) is 17.4. The highest BCUT2D eigenvalue weighted by Crippen LogP contribution is 2.32. The summed E-state index contributed by atoms with van der Waals surface area (Å²) in [6.45, 7) is 0. The number of carbonyl (C=O) groups is 4. The highest BCUT2D eigenvalue weighted by molar-refractivity contribution is 6.32. The molecule has 0 heterocycles. The lowest BCUT2D eigenvalue weighted by atomic mass is 9.80. The van der Waals surface area contributed by atoms with Crippen molar-refractivity contribution in [2.24, 2.45) is 0 Å². The molecule has 2 aromatic carbocycles. The first-order chi connectivity index (χ1) is 11.5. The summed E-state index contributed by atoms with van der Waals surface area (Å²) in [7, 11) is 2.39. The number of esters is 2. The lowest BCUT2D eigenvalue weighted by Crippen LogP contribution is -2.26. The van der Waals surface area contributed by atoms with Gasteiger partial charge in [0.05, 0.1) is 25.3 Å². The summed E-state index contributed by atoms with van der Waals surface area (Å²) in [6, 6.07) is 8.71. The molecule has 0 radical (unpaired) electrons. The Morgan fingerprint density at radius 1 is 0.708 bits per heavy atom. The minimum atomic E-state index is -0.708. The van der Waals surface area contributed by atoms with Gasteiger partial charge >= 0.3 is 11.9 Å². The van der Waals surface area contributed by atoms with Crippen LogP contribution in [0.5, 0.6) is 0 Å². The predicted octanol–water partition coefficient (Wildman–Crippen LogP) is 2.04. The maximum absolute atomic E-state index is 12.8. The van der Waals surface area contributed by atoms with E-state index in [1.807, 2.05) is 0 Å². The van der Waals surface area contributed by atoms with Crippen LogP contribution in [0.3, 0.4) is 0 Å². The van der Waals surface area contributed by atoms with Crippen LogP contribution in [-0.4, -0.2) is 37.7 Å². The SMILES string of the molecule is COC(=O)c1cccc2c1C(=O)c1cccc(C(=O)OC)c1C2=O. The average Bonchev–Trinajstić information content (AvgIpc) is 2.63. The first kappa shape index (κ1) is 15.6. The smallest absolute Gasteiger partial charge is 0.338 e. The fraction of sp³-hybridized carbons (Fsp3) is 0.111. The van der Waals surface area contributed by atoms with Gasteiger partial charge in [0, 0.05) is 22.3 Å². The largest absolute Gasteiger partial charge is 0.465 e. The number of hydrogen-bond acceptors (Lipinski definition) is 6. The summed E-state index contributed by atoms with van der Waals surface area (Å²) in [5, 5.41) is 0. The van der Waals surface area contributed by atoms with Crippen molar-refractivity contribution >= 4 is 23.5 Å². The van der Waals surface area contributed by atoms with Crippen LogP contribution in [0, 0.1) is 0 Å². The molecule has 0 amide bonds. The van der Waals surface area contributed by atoms with Crippen LogP contribution in [0.2, 0.25) is 0 Å². The van der Waals surface area contributed by atoms with Gasteiger partial charge in [0.15, 0.2) is 11.6 Å². The lowest BCUT2D eigenvalue weighted by Gasteiger charge is -2.20. The number of rotatable bonds is 2. The number of methoxy groups -OCH3 is 2. The average molecular weight is 324 g/mol. The maximum Gasteiger partial charge on any atom is 0.338 e. The molecule has 0 bridgehead atoms. The monoisotopic (exact) mass is 324 g/mol. The number of carbonyl (C=O) groups excluding carboxylic acids is 4. The number of fused-ring (bicyclic) bond motifs is 2. The van der Waals surface area contributed by atoms with Gasteiger partial charge in [-0.25, -0.2) is 9.59 Å². The van der Waals surface area contributed by atoms with Crippen molar-refractivity contribution in [3.05, 3.63) is 69.8 Å². The molecule has 0 fully saturated rings. The Morgan fingerprint density at radius 3 is 1.42 bits per heavy atom. The molecule has 3 rings (SSSR count). The molecule has 1 aliphatic carbocycles. The van der Waals surface area contributed by atoms with Gasteiger partial charge in [0.25, 0.3) is 0 Å². The highest BCUT2D eigenvalue weighted by atomic mass is 16.5. The molecule has 6 nitrogen and oxygen atoms in total. The van der Waals surface area contributed by atoms with E-state index < -0.39 is 23.5 Å². The van der Waals surface area contributed by atoms with Crippen LogP contribution in [0.4, 0.5) is 0 Å². The standard InChI is InChI=1S/C18H12O6/c1-23-17(21)11-7-3-5-9-13(11)15(19)10-6-4-8-12(18(22)24-2)14(10)16(9)20/h3-8H,1-2H3. The Labute approximate surface area is 137 Å². The van der Waals surface area contributed by atoms with Crippen molar-refractivity contribution in [1.82, 2.24) is 0 Å². The molecule has 0 aromatic heterocycles. The summed E-state index contributed by atoms with van der Waals surface area (Å²) in [6.07, 6.45) is 0. The Kier molecular flexibility index (Phi) is 3.73. The van der Waals surface area contributed by atoms with Crippen molar-refractivity contribution < 1.29 is 28.7 Å². The van der Waals surface area contributed by atoms with Gasteiger partial charge < -0.3 is 9.47 Å². The van der Waals surface area contributed by atoms with Crippen LogP contribution in [0.25, 0.3) is 0 Å². The minimum Gasteiger partial charge on any atom is -0.465 e. The predicted molar refractivity (Wildman–Crippen MR) is 82.4 cm³/mol. The number of ether oxygens (including phenoxy) is 2. The molecule has 0 atom stereocenters. The molecule has 120 valence electrons. The molecule has 0 spiro atoms. The summed E-state index contributed by atoms with van der Waals surface area (Å²) < 4.78 is 9.35. The second kappa shape index (κ2) is 5.73. The van der Waals surface area contributed by atoms with Crippen molar-refractivity contribution in [1.29, 1.82) is 0 Å². The molecule has 24 heavy (non-hydrogen) atoms. The Hall–Kier alpha value is -3.28. The second-order valence-corrected chi connectivity index (χ2v) is 5.10. The van der Waals surface area contributed by atoms with E-state index in [1.54, 1.807) is 0 Å². The number of ketones is 2. The molecule has 1 aliphatic rings. The van der Waals surface area contributed by atoms with Crippen LogP contribution < -0.4 is 0 Å². The normalized spacial score (nSPS) is 12.2. The van der Waals surface area contributed by atoms with E-state index in [1.165, 1.54) is 50.6 Å². The Bertz CT molecular complexity index is 834. The van der Waals surface area contributed by atoms with Crippen molar-refractivity contribution in [2.45, 2.75) is 0 Å². The van der Waals surface area contributed by atoms with Crippen LogP contribution in [0.1, 0.15) is 52.6 Å². The third kappa shape index (κ3) is 2.11. The Morgan fingerprint density at radius 2 is 1.08 bits per heavy atom. The third-order valence-electron chi connectivity index (χ3n) is 3.88. The van der Waals surface area contributed by atoms with E-state index in [9.17, 15) is 19.2 Å². The molecule has 6 heteroatoms. The van der Waals surface area contributed by atoms with E-state index in [0.29, 0.717) is 0 Å². The van der Waals surface area contributed by atoms with Crippen molar-refractivity contribution in [3.63, 3.8) is 0 Å². The molecule has 2 aromatic rings. The van der Waals surface area contributed by atoms with Gasteiger partial charge in [-0.3, -0.25) is 9.59 Å². The van der Waals surface area contributed by atoms with E-state index in [0.717, 1.165) is 0 Å². The minimum absolute atomic E-state index is 0.0103. The number of benzene rings is 2. The van der Waals surface area contributed by atoms with E-state index in [-0.39, 0.29) is 33.4 Å². The fourth-order valence-electron chi connectivity index (χ4n) is 2.80. The molecule has 0 aliphatic heterocycles. The molecular formula is C18H12O6. The van der Waals surface area contributed by atoms with Gasteiger partial charge in [-0.1, -0.05) is 24.3 Å². The van der Waals surface area contributed by atoms with Crippen LogP contribution in [0.15, 0.2) is 36.4 Å². The Balaban J connectivity index is 2.30. The van der Waals surface area contributed by atoms with E-state index in [2.05, 4.69) is 9.47 Å². The summed E-state index contributed by atoms with van der Waals surface area (Å²) in [5.74, 6) is -2.43. The van der Waals surface area contributed by atoms with Crippen molar-refractivity contribution in [3.8, 4) is 0 Å². The molecule has 0 N–H and O–H groups in total. The van der Waals surface area contributed by atoms with Gasteiger partial charge in [0.1, 0.15) is 0 Å². The molecule has 0 saturated carbocycles. The maximum atomic E-state index is 12.8. The van der Waals surface area contributed by atoms with Gasteiger partial charge in [-0.15, -0.1) is 0 Å². The van der Waals surface area contributed by atoms with Gasteiger partial charge in [0.2, 0.25) is 0 Å². The first-order valence-electron chi connectivity index (χ1n) is 7.03. The molecule has 0 saturated heterocycles. The zero-order valence-electron chi connectivity index (χ0n) is 12.9. The highest BCUT2D eigenvalue weighted by Gasteiger charge is 2.36. The summed E-state index contributed by atoms with van der Waals surface area (Å²) in [4.78, 5) is 49.5. The van der Waals surface area contributed by atoms with Crippen LogP contribution in [-0.2, 0) is 9.47 Å². The zero-order valence-corrected chi connectivity index (χ0v) is 12.9. The van der Waals surface area contributed by atoms with E-state index in [4.69, 9.17) is 0 Å². The quantitative estimate of drug-likeness (QED) is 0.670.